The number of nitrogens with one attached hydrogen (secondary N) is 2. The van der Waals surface area contributed by atoms with E-state index in [1.54, 1.807) is 35.4 Å². The number of nitrogens with zero attached hydrogens (tertiary/aromatic N) is 1. The molecule has 2 N–H and O–H groups in total. The van der Waals surface area contributed by atoms with Gasteiger partial charge in [0.05, 0.1) is 19.5 Å². The number of anilines is 1. The Morgan fingerprint density at radius 3 is 2.79 bits per heavy atom. The van der Waals surface area contributed by atoms with Crippen molar-refractivity contribution in [2.24, 2.45) is 0 Å². The van der Waals surface area contributed by atoms with Crippen LogP contribution in [0, 0.1) is 0 Å². The molecule has 2 aromatic rings. The number of furan rings is 1. The van der Waals surface area contributed by atoms with Crippen molar-refractivity contribution in [3.63, 3.8) is 0 Å². The average molecular weight is 387 g/mol. The number of hydrogen-bond donors (Lipinski definition) is 2. The lowest BCUT2D eigenvalue weighted by atomic mass is 10.1. The summed E-state index contributed by atoms with van der Waals surface area (Å²) in [5.74, 6) is 0.721. The summed E-state index contributed by atoms with van der Waals surface area (Å²) in [6, 6.07) is 10.3. The Balaban J connectivity index is 1.37. The summed E-state index contributed by atoms with van der Waals surface area (Å²) in [6.07, 6.45) is 2.29. The van der Waals surface area contributed by atoms with Crippen molar-refractivity contribution in [3.8, 4) is 0 Å². The molecule has 2 heterocycles. The van der Waals surface area contributed by atoms with Crippen LogP contribution in [0.5, 0.6) is 0 Å². The maximum atomic E-state index is 12.5. The van der Waals surface area contributed by atoms with Gasteiger partial charge in [0.15, 0.2) is 0 Å². The van der Waals surface area contributed by atoms with Crippen LogP contribution >= 0.6 is 0 Å². The monoisotopic (exact) mass is 387 g/mol. The fraction of sp³-hybridized carbons (Fsp3) is 0.400. The highest BCUT2D eigenvalue weighted by Crippen LogP contribution is 2.13. The third kappa shape index (κ3) is 6.11. The number of carbonyl (C=O) groups excluding carboxylic acids is 2. The number of carbonyl (C=O) groups is 2. The van der Waals surface area contributed by atoms with Crippen molar-refractivity contribution in [1.82, 2.24) is 10.2 Å². The largest absolute Gasteiger partial charge is 0.467 e. The predicted molar refractivity (Wildman–Crippen MR) is 103 cm³/mol. The second-order valence-electron chi connectivity index (χ2n) is 6.35. The minimum Gasteiger partial charge on any atom is -0.467 e. The first-order valence-corrected chi connectivity index (χ1v) is 9.34. The first-order chi connectivity index (χ1) is 13.7. The van der Waals surface area contributed by atoms with E-state index in [0.717, 1.165) is 5.76 Å². The number of rotatable bonds is 8. The van der Waals surface area contributed by atoms with Crippen LogP contribution in [0.4, 0.5) is 10.5 Å². The molecule has 0 spiro atoms. The zero-order valence-electron chi connectivity index (χ0n) is 15.7. The highest BCUT2D eigenvalue weighted by atomic mass is 16.5. The summed E-state index contributed by atoms with van der Waals surface area (Å²) in [4.78, 5) is 26.3. The van der Waals surface area contributed by atoms with Crippen molar-refractivity contribution in [1.29, 1.82) is 0 Å². The van der Waals surface area contributed by atoms with Gasteiger partial charge in [-0.1, -0.05) is 6.07 Å². The lowest BCUT2D eigenvalue weighted by Gasteiger charge is -2.27. The third-order valence-corrected chi connectivity index (χ3v) is 4.24. The van der Waals surface area contributed by atoms with Crippen LogP contribution in [0.25, 0.3) is 0 Å². The molecule has 0 unspecified atom stereocenters. The van der Waals surface area contributed by atoms with E-state index in [-0.39, 0.29) is 11.9 Å². The van der Waals surface area contributed by atoms with E-state index in [1.807, 2.05) is 12.1 Å². The van der Waals surface area contributed by atoms with E-state index in [1.165, 1.54) is 0 Å². The Labute approximate surface area is 163 Å². The van der Waals surface area contributed by atoms with Crippen LogP contribution in [0.3, 0.4) is 0 Å². The molecule has 0 radical (unpaired) electrons. The van der Waals surface area contributed by atoms with Gasteiger partial charge < -0.3 is 29.4 Å². The number of hydrogen-bond acceptors (Lipinski definition) is 5. The quantitative estimate of drug-likeness (QED) is 0.679. The molecule has 1 aromatic carbocycles. The van der Waals surface area contributed by atoms with E-state index in [0.29, 0.717) is 63.7 Å². The maximum absolute atomic E-state index is 12.5. The van der Waals surface area contributed by atoms with Gasteiger partial charge in [-0.15, -0.1) is 0 Å². The van der Waals surface area contributed by atoms with Crippen LogP contribution in [0.1, 0.15) is 22.5 Å². The number of ether oxygens (including phenoxy) is 2. The molecule has 1 aliphatic rings. The molecule has 0 bridgehead atoms. The van der Waals surface area contributed by atoms with E-state index >= 15 is 0 Å². The Morgan fingerprint density at radius 2 is 2.00 bits per heavy atom. The standard InChI is InChI=1S/C20H25N3O5/c24-19(23-8-12-26-13-9-23)16-4-1-5-17(14-16)22-20(25)21-7-3-10-27-15-18-6-2-11-28-18/h1-2,4-6,11,14H,3,7-10,12-13,15H2,(H2,21,22,25). The summed E-state index contributed by atoms with van der Waals surface area (Å²) >= 11 is 0. The van der Waals surface area contributed by atoms with E-state index in [9.17, 15) is 9.59 Å². The molecule has 3 rings (SSSR count). The van der Waals surface area contributed by atoms with Gasteiger partial charge >= 0.3 is 6.03 Å². The molecule has 0 saturated carbocycles. The van der Waals surface area contributed by atoms with Crippen molar-refractivity contribution in [2.75, 3.05) is 44.8 Å². The van der Waals surface area contributed by atoms with Gasteiger partial charge in [-0.3, -0.25) is 4.79 Å². The lowest BCUT2D eigenvalue weighted by Crippen LogP contribution is -2.40. The van der Waals surface area contributed by atoms with Gasteiger partial charge in [-0.2, -0.15) is 0 Å². The maximum Gasteiger partial charge on any atom is 0.319 e. The molecule has 0 atom stereocenters. The van der Waals surface area contributed by atoms with Crippen molar-refractivity contribution >= 4 is 17.6 Å². The summed E-state index contributed by atoms with van der Waals surface area (Å²) < 4.78 is 15.9. The van der Waals surface area contributed by atoms with Crippen molar-refractivity contribution < 1.29 is 23.5 Å². The van der Waals surface area contributed by atoms with Crippen LogP contribution in [-0.2, 0) is 16.1 Å². The Kier molecular flexibility index (Phi) is 7.45. The van der Waals surface area contributed by atoms with Crippen LogP contribution < -0.4 is 10.6 Å². The smallest absolute Gasteiger partial charge is 0.319 e. The fourth-order valence-electron chi connectivity index (χ4n) is 2.80. The van der Waals surface area contributed by atoms with E-state index < -0.39 is 0 Å². The second-order valence-corrected chi connectivity index (χ2v) is 6.35. The molecule has 1 saturated heterocycles. The van der Waals surface area contributed by atoms with E-state index in [4.69, 9.17) is 13.9 Å². The minimum absolute atomic E-state index is 0.0546. The highest BCUT2D eigenvalue weighted by molar-refractivity contribution is 5.97. The molecule has 8 heteroatoms. The summed E-state index contributed by atoms with van der Waals surface area (Å²) in [7, 11) is 0. The number of morpholine rings is 1. The van der Waals surface area contributed by atoms with Crippen molar-refractivity contribution in [2.45, 2.75) is 13.0 Å². The van der Waals surface area contributed by atoms with Gasteiger partial charge in [0, 0.05) is 37.5 Å². The molecule has 28 heavy (non-hydrogen) atoms. The summed E-state index contributed by atoms with van der Waals surface area (Å²) in [5.41, 5.74) is 1.12. The summed E-state index contributed by atoms with van der Waals surface area (Å²) in [5, 5.41) is 5.52. The lowest BCUT2D eigenvalue weighted by molar-refractivity contribution is 0.0303. The van der Waals surface area contributed by atoms with Gasteiger partial charge in [0.25, 0.3) is 5.91 Å². The predicted octanol–water partition coefficient (Wildman–Crippen LogP) is 2.48. The van der Waals surface area contributed by atoms with Crippen LogP contribution in [-0.4, -0.2) is 56.3 Å². The van der Waals surface area contributed by atoms with Gasteiger partial charge in [-0.05, 0) is 36.8 Å². The molecule has 150 valence electrons. The van der Waals surface area contributed by atoms with Gasteiger partial charge in [0.1, 0.15) is 12.4 Å². The average Bonchev–Trinajstić information content (AvgIpc) is 3.24. The molecule has 1 aromatic heterocycles. The van der Waals surface area contributed by atoms with Crippen LogP contribution in [0.15, 0.2) is 47.1 Å². The van der Waals surface area contributed by atoms with Gasteiger partial charge in [-0.25, -0.2) is 4.79 Å². The second kappa shape index (κ2) is 10.5. The number of benzene rings is 1. The first-order valence-electron chi connectivity index (χ1n) is 9.34. The number of urea groups is 1. The fourth-order valence-corrected chi connectivity index (χ4v) is 2.80. The Hall–Kier alpha value is -2.84. The van der Waals surface area contributed by atoms with E-state index in [2.05, 4.69) is 10.6 Å². The van der Waals surface area contributed by atoms with Gasteiger partial charge in [0.2, 0.25) is 0 Å². The molecule has 1 aliphatic heterocycles. The Bertz CT molecular complexity index is 757. The molecular formula is C20H25N3O5. The normalized spacial score (nSPS) is 13.9. The Morgan fingerprint density at radius 1 is 1.14 bits per heavy atom. The molecule has 8 nitrogen and oxygen atoms in total. The SMILES string of the molecule is O=C(NCCCOCc1ccco1)Nc1cccc(C(=O)N2CCOCC2)c1. The topological polar surface area (TPSA) is 93.0 Å². The summed E-state index contributed by atoms with van der Waals surface area (Å²) in [6.45, 7) is 3.69. The minimum atomic E-state index is -0.318. The molecule has 0 aliphatic carbocycles. The zero-order valence-corrected chi connectivity index (χ0v) is 15.7. The van der Waals surface area contributed by atoms with Crippen LogP contribution in [0.2, 0.25) is 0 Å². The van der Waals surface area contributed by atoms with Crippen molar-refractivity contribution in [3.05, 3.63) is 54.0 Å². The third-order valence-electron chi connectivity index (χ3n) is 4.24. The zero-order chi connectivity index (χ0) is 19.6. The molecule has 1 fully saturated rings. The number of amides is 3. The molecular weight excluding hydrogens is 362 g/mol. The molecule has 3 amide bonds. The highest BCUT2D eigenvalue weighted by Gasteiger charge is 2.18. The first kappa shape index (κ1) is 19.9.